The molecule has 2 rings (SSSR count). The summed E-state index contributed by atoms with van der Waals surface area (Å²) in [5.74, 6) is 0.0711. The molecule has 0 aliphatic carbocycles. The Morgan fingerprint density at radius 2 is 2.00 bits per heavy atom. The van der Waals surface area contributed by atoms with Crippen molar-refractivity contribution in [2.45, 2.75) is 12.2 Å². The Labute approximate surface area is 111 Å². The second-order valence-electron chi connectivity index (χ2n) is 3.64. The van der Waals surface area contributed by atoms with Crippen LogP contribution >= 0.6 is 15.9 Å². The van der Waals surface area contributed by atoms with E-state index < -0.39 is 18.2 Å². The predicted octanol–water partition coefficient (Wildman–Crippen LogP) is 0.745. The number of aliphatic hydroxyl groups is 2. The van der Waals surface area contributed by atoms with Gasteiger partial charge in [0.1, 0.15) is 6.10 Å². The maximum absolute atomic E-state index is 11.2. The minimum absolute atomic E-state index is 0.0981. The van der Waals surface area contributed by atoms with Crippen LogP contribution in [0.2, 0.25) is 0 Å². The highest BCUT2D eigenvalue weighted by Gasteiger charge is 2.29. The van der Waals surface area contributed by atoms with Crippen molar-refractivity contribution in [3.8, 4) is 11.5 Å². The zero-order valence-electron chi connectivity index (χ0n) is 9.42. The molecule has 1 aliphatic rings. The third-order valence-corrected chi connectivity index (χ3v) is 3.24. The van der Waals surface area contributed by atoms with Crippen molar-refractivity contribution >= 4 is 21.9 Å². The van der Waals surface area contributed by atoms with E-state index in [1.165, 1.54) is 6.07 Å². The SMILES string of the molecule is COC(=O)[C@H](O)[C@H](O)c1cc2c(cc1Br)OCO2. The van der Waals surface area contributed by atoms with Gasteiger partial charge in [-0.2, -0.15) is 0 Å². The van der Waals surface area contributed by atoms with Crippen molar-refractivity contribution in [1.82, 2.24) is 0 Å². The van der Waals surface area contributed by atoms with Gasteiger partial charge in [0.15, 0.2) is 17.6 Å². The van der Waals surface area contributed by atoms with Gasteiger partial charge < -0.3 is 24.4 Å². The van der Waals surface area contributed by atoms with E-state index in [2.05, 4.69) is 20.7 Å². The fourth-order valence-electron chi connectivity index (χ4n) is 1.58. The van der Waals surface area contributed by atoms with Crippen LogP contribution < -0.4 is 9.47 Å². The van der Waals surface area contributed by atoms with Crippen LogP contribution in [0.4, 0.5) is 0 Å². The molecule has 0 saturated carbocycles. The number of fused-ring (bicyclic) bond motifs is 1. The van der Waals surface area contributed by atoms with Gasteiger partial charge in [-0.15, -0.1) is 0 Å². The molecule has 7 heteroatoms. The van der Waals surface area contributed by atoms with Crippen LogP contribution in [0.15, 0.2) is 16.6 Å². The molecule has 2 atom stereocenters. The van der Waals surface area contributed by atoms with Crippen molar-refractivity contribution < 1.29 is 29.2 Å². The molecule has 1 aromatic carbocycles. The van der Waals surface area contributed by atoms with Gasteiger partial charge >= 0.3 is 5.97 Å². The number of methoxy groups -OCH3 is 1. The van der Waals surface area contributed by atoms with Gasteiger partial charge in [-0.1, -0.05) is 15.9 Å². The Morgan fingerprint density at radius 3 is 2.61 bits per heavy atom. The molecule has 1 heterocycles. The van der Waals surface area contributed by atoms with Crippen molar-refractivity contribution in [1.29, 1.82) is 0 Å². The van der Waals surface area contributed by atoms with Crippen LogP contribution in [-0.4, -0.2) is 36.2 Å². The number of esters is 1. The Kier molecular flexibility index (Phi) is 3.74. The lowest BCUT2D eigenvalue weighted by atomic mass is 10.0. The summed E-state index contributed by atoms with van der Waals surface area (Å²) in [7, 11) is 1.13. The van der Waals surface area contributed by atoms with Crippen LogP contribution in [0.1, 0.15) is 11.7 Å². The van der Waals surface area contributed by atoms with E-state index >= 15 is 0 Å². The molecule has 1 aromatic rings. The third kappa shape index (κ3) is 2.29. The minimum Gasteiger partial charge on any atom is -0.467 e. The van der Waals surface area contributed by atoms with Gasteiger partial charge in [-0.3, -0.25) is 0 Å². The molecule has 0 spiro atoms. The van der Waals surface area contributed by atoms with Crippen LogP contribution in [-0.2, 0) is 9.53 Å². The largest absolute Gasteiger partial charge is 0.467 e. The van der Waals surface area contributed by atoms with Crippen molar-refractivity contribution in [2.75, 3.05) is 13.9 Å². The summed E-state index contributed by atoms with van der Waals surface area (Å²) in [6.45, 7) is 0.0981. The van der Waals surface area contributed by atoms with Gasteiger partial charge in [0.25, 0.3) is 0 Å². The van der Waals surface area contributed by atoms with Crippen LogP contribution in [0.25, 0.3) is 0 Å². The van der Waals surface area contributed by atoms with Crippen LogP contribution in [0.5, 0.6) is 11.5 Å². The average molecular weight is 319 g/mol. The molecule has 1 aliphatic heterocycles. The lowest BCUT2D eigenvalue weighted by molar-refractivity contribution is -0.156. The maximum atomic E-state index is 11.2. The summed E-state index contributed by atoms with van der Waals surface area (Å²) in [6.07, 6.45) is -3.08. The smallest absolute Gasteiger partial charge is 0.337 e. The molecule has 0 bridgehead atoms. The quantitative estimate of drug-likeness (QED) is 0.800. The van der Waals surface area contributed by atoms with E-state index in [0.717, 1.165) is 7.11 Å². The van der Waals surface area contributed by atoms with E-state index in [9.17, 15) is 15.0 Å². The Morgan fingerprint density at radius 1 is 1.39 bits per heavy atom. The summed E-state index contributed by atoms with van der Waals surface area (Å²) < 4.78 is 15.2. The molecule has 0 saturated heterocycles. The zero-order valence-corrected chi connectivity index (χ0v) is 11.0. The highest BCUT2D eigenvalue weighted by Crippen LogP contribution is 2.39. The number of carbonyl (C=O) groups excluding carboxylic acids is 1. The standard InChI is InChI=1S/C11H11BrO6/c1-16-11(15)10(14)9(13)5-2-7-8(3-6(5)12)18-4-17-7/h2-3,9-10,13-14H,4H2,1H3/t9-,10-/m1/s1. The fourth-order valence-corrected chi connectivity index (χ4v) is 2.14. The normalized spacial score (nSPS) is 16.2. The second-order valence-corrected chi connectivity index (χ2v) is 4.49. The molecule has 0 fully saturated rings. The average Bonchev–Trinajstić information content (AvgIpc) is 2.82. The van der Waals surface area contributed by atoms with Gasteiger partial charge in [0.05, 0.1) is 7.11 Å². The zero-order chi connectivity index (χ0) is 13.3. The number of ether oxygens (including phenoxy) is 3. The van der Waals surface area contributed by atoms with E-state index in [0.29, 0.717) is 21.5 Å². The number of halogens is 1. The first kappa shape index (κ1) is 13.1. The first-order chi connectivity index (χ1) is 8.54. The Bertz CT molecular complexity index is 475. The van der Waals surface area contributed by atoms with Gasteiger partial charge in [-0.25, -0.2) is 4.79 Å². The molecular formula is C11H11BrO6. The molecule has 2 N–H and O–H groups in total. The predicted molar refractivity (Wildman–Crippen MR) is 63.2 cm³/mol. The topological polar surface area (TPSA) is 85.2 Å². The monoisotopic (exact) mass is 318 g/mol. The van der Waals surface area contributed by atoms with Gasteiger partial charge in [0.2, 0.25) is 6.79 Å². The molecule has 98 valence electrons. The second kappa shape index (κ2) is 5.13. The lowest BCUT2D eigenvalue weighted by Crippen LogP contribution is -2.29. The van der Waals surface area contributed by atoms with Crippen LogP contribution in [0, 0.1) is 0 Å². The summed E-state index contributed by atoms with van der Waals surface area (Å²) in [5.41, 5.74) is 0.317. The van der Waals surface area contributed by atoms with Crippen molar-refractivity contribution in [2.24, 2.45) is 0 Å². The molecule has 0 unspecified atom stereocenters. The fraction of sp³-hybridized carbons (Fsp3) is 0.364. The highest BCUT2D eigenvalue weighted by molar-refractivity contribution is 9.10. The van der Waals surface area contributed by atoms with Gasteiger partial charge in [-0.05, 0) is 12.1 Å². The highest BCUT2D eigenvalue weighted by atomic mass is 79.9. The van der Waals surface area contributed by atoms with Crippen molar-refractivity contribution in [3.05, 3.63) is 22.2 Å². The first-order valence-corrected chi connectivity index (χ1v) is 5.87. The molecule has 6 nitrogen and oxygen atoms in total. The first-order valence-electron chi connectivity index (χ1n) is 5.07. The van der Waals surface area contributed by atoms with Gasteiger partial charge in [0, 0.05) is 10.0 Å². The lowest BCUT2D eigenvalue weighted by Gasteiger charge is -2.17. The van der Waals surface area contributed by atoms with Crippen molar-refractivity contribution in [3.63, 3.8) is 0 Å². The summed E-state index contributed by atoms with van der Waals surface area (Å²) in [4.78, 5) is 11.2. The molecule has 0 amide bonds. The van der Waals surface area contributed by atoms with E-state index in [-0.39, 0.29) is 6.79 Å². The third-order valence-electron chi connectivity index (χ3n) is 2.55. The molecule has 18 heavy (non-hydrogen) atoms. The molecule has 0 radical (unpaired) electrons. The number of hydrogen-bond donors (Lipinski definition) is 2. The number of carbonyl (C=O) groups is 1. The summed E-state index contributed by atoms with van der Waals surface area (Å²) in [6, 6.07) is 3.11. The summed E-state index contributed by atoms with van der Waals surface area (Å²) in [5, 5.41) is 19.5. The Hall–Kier alpha value is -1.31. The van der Waals surface area contributed by atoms with E-state index in [1.54, 1.807) is 6.07 Å². The van der Waals surface area contributed by atoms with E-state index in [1.807, 2.05) is 0 Å². The number of hydrogen-bond acceptors (Lipinski definition) is 6. The minimum atomic E-state index is -1.66. The number of aliphatic hydroxyl groups excluding tert-OH is 2. The number of rotatable bonds is 3. The van der Waals surface area contributed by atoms with E-state index in [4.69, 9.17) is 9.47 Å². The summed E-state index contributed by atoms with van der Waals surface area (Å²) >= 11 is 3.23. The number of benzene rings is 1. The molecule has 0 aromatic heterocycles. The Balaban J connectivity index is 2.30. The molecular weight excluding hydrogens is 308 g/mol. The maximum Gasteiger partial charge on any atom is 0.337 e. The van der Waals surface area contributed by atoms with Crippen LogP contribution in [0.3, 0.4) is 0 Å².